The summed E-state index contributed by atoms with van der Waals surface area (Å²) in [5.74, 6) is 6.49. The molecule has 0 aliphatic heterocycles. The van der Waals surface area contributed by atoms with E-state index in [9.17, 15) is 0 Å². The Hall–Kier alpha value is -2.19. The van der Waals surface area contributed by atoms with Crippen molar-refractivity contribution in [2.24, 2.45) is 0 Å². The number of anilines is 1. The third kappa shape index (κ3) is 5.20. The maximum atomic E-state index is 8.79. The lowest BCUT2D eigenvalue weighted by atomic mass is 10.1. The lowest BCUT2D eigenvalue weighted by molar-refractivity contribution is -0.454. The maximum Gasteiger partial charge on any atom is 0.404 e. The number of halogens is 1. The van der Waals surface area contributed by atoms with Crippen LogP contribution in [0.2, 0.25) is 5.28 Å². The second-order valence-corrected chi connectivity index (χ2v) is 7.25. The number of thiophene rings is 1. The fourth-order valence-corrected chi connectivity index (χ4v) is 3.51. The average molecular weight is 423 g/mol. The molecule has 3 rings (SSSR count). The molecule has 28 heavy (non-hydrogen) atoms. The van der Waals surface area contributed by atoms with E-state index < -0.39 is 6.16 Å². The van der Waals surface area contributed by atoms with Crippen LogP contribution in [0.3, 0.4) is 0 Å². The minimum absolute atomic E-state index is 0.0510. The number of nitrogens with zero attached hydrogens (tertiary/aromatic N) is 3. The highest BCUT2D eigenvalue weighted by Crippen LogP contribution is 2.24. The number of aromatic nitrogens is 3. The molecule has 0 fully saturated rings. The Morgan fingerprint density at radius 2 is 2.21 bits per heavy atom. The molecule has 4 N–H and O–H groups in total. The smallest absolute Gasteiger partial charge is 0.363 e. The first kappa shape index (κ1) is 20.5. The third-order valence-corrected chi connectivity index (χ3v) is 4.86. The van der Waals surface area contributed by atoms with E-state index in [0.29, 0.717) is 30.9 Å². The van der Waals surface area contributed by atoms with Gasteiger partial charge in [0.05, 0.1) is 13.2 Å². The van der Waals surface area contributed by atoms with Gasteiger partial charge in [-0.05, 0) is 60.4 Å². The summed E-state index contributed by atoms with van der Waals surface area (Å²) < 4.78 is 6.16. The van der Waals surface area contributed by atoms with Crippen LogP contribution >= 0.6 is 22.9 Å². The van der Waals surface area contributed by atoms with E-state index in [-0.39, 0.29) is 11.9 Å². The number of aryl methyl sites for hydroxylation is 1. The molecule has 0 aliphatic carbocycles. The minimum atomic E-state index is -3.13. The number of hydrogen-bond acceptors (Lipinski definition) is 8. The minimum Gasteiger partial charge on any atom is -0.363 e. The molecule has 0 unspecified atom stereocenters. The van der Waals surface area contributed by atoms with Crippen molar-refractivity contribution in [3.05, 3.63) is 45.0 Å². The zero-order valence-corrected chi connectivity index (χ0v) is 16.6. The molecule has 10 heteroatoms. The van der Waals surface area contributed by atoms with Crippen LogP contribution in [-0.4, -0.2) is 42.7 Å². The quantitative estimate of drug-likeness (QED) is 0.249. The van der Waals surface area contributed by atoms with Crippen LogP contribution < -0.4 is 5.32 Å². The van der Waals surface area contributed by atoms with Crippen LogP contribution in [0.1, 0.15) is 29.5 Å². The summed E-state index contributed by atoms with van der Waals surface area (Å²) in [6.07, 6.45) is -2.18. The standard InChI is InChI=1S/C18H19ClN4O4S/c1-2-5-14-12(6-3-8-27-18(24,25)26)10-15-16(21-17(19)22-23(14)15)20-11-13-7-4-9-28-13/h4,7,9-10,24-26H,3,6,8,11H2,1H3,(H,20,21,22). The molecule has 148 valence electrons. The van der Waals surface area contributed by atoms with Crippen molar-refractivity contribution in [1.82, 2.24) is 14.6 Å². The Kier molecular flexibility index (Phi) is 6.51. The van der Waals surface area contributed by atoms with Gasteiger partial charge in [-0.2, -0.15) is 4.98 Å². The maximum absolute atomic E-state index is 8.79. The van der Waals surface area contributed by atoms with E-state index >= 15 is 0 Å². The molecule has 0 bridgehead atoms. The Morgan fingerprint density at radius 3 is 2.89 bits per heavy atom. The Morgan fingerprint density at radius 1 is 1.39 bits per heavy atom. The third-order valence-electron chi connectivity index (χ3n) is 3.82. The summed E-state index contributed by atoms with van der Waals surface area (Å²) >= 11 is 7.75. The van der Waals surface area contributed by atoms with Gasteiger partial charge in [0.25, 0.3) is 0 Å². The highest BCUT2D eigenvalue weighted by molar-refractivity contribution is 7.09. The molecule has 0 saturated carbocycles. The van der Waals surface area contributed by atoms with Gasteiger partial charge in [0, 0.05) is 4.88 Å². The van der Waals surface area contributed by atoms with E-state index in [2.05, 4.69) is 32.0 Å². The zero-order valence-electron chi connectivity index (χ0n) is 15.0. The Balaban J connectivity index is 1.87. The van der Waals surface area contributed by atoms with E-state index in [1.165, 1.54) is 0 Å². The highest BCUT2D eigenvalue weighted by Gasteiger charge is 2.19. The van der Waals surface area contributed by atoms with Crippen molar-refractivity contribution >= 4 is 34.3 Å². The lowest BCUT2D eigenvalue weighted by Crippen LogP contribution is -2.31. The molecular weight excluding hydrogens is 404 g/mol. The first-order valence-electron chi connectivity index (χ1n) is 8.45. The summed E-state index contributed by atoms with van der Waals surface area (Å²) in [7, 11) is 0. The fraction of sp³-hybridized carbons (Fsp3) is 0.333. The van der Waals surface area contributed by atoms with E-state index in [0.717, 1.165) is 16.0 Å². The highest BCUT2D eigenvalue weighted by atomic mass is 35.5. The number of hydrogen-bond donors (Lipinski definition) is 4. The number of fused-ring (bicyclic) bond motifs is 1. The SMILES string of the molecule is CC#Cc1c(CCCOC(O)(O)O)cc2c(NCc3cccs3)nc(Cl)nn12. The Labute approximate surface area is 170 Å². The van der Waals surface area contributed by atoms with Crippen molar-refractivity contribution in [1.29, 1.82) is 0 Å². The first-order valence-corrected chi connectivity index (χ1v) is 9.71. The number of rotatable bonds is 8. The van der Waals surface area contributed by atoms with Crippen LogP contribution in [-0.2, 0) is 17.7 Å². The van der Waals surface area contributed by atoms with Gasteiger partial charge in [-0.15, -0.1) is 16.4 Å². The van der Waals surface area contributed by atoms with Crippen molar-refractivity contribution in [2.75, 3.05) is 11.9 Å². The number of aliphatic hydroxyl groups is 3. The summed E-state index contributed by atoms with van der Waals surface area (Å²) in [6, 6.07) is 5.92. The molecule has 3 heterocycles. The van der Waals surface area contributed by atoms with Crippen LogP contribution in [0.4, 0.5) is 5.82 Å². The molecule has 0 atom stereocenters. The van der Waals surface area contributed by atoms with E-state index in [1.54, 1.807) is 22.8 Å². The zero-order chi connectivity index (χ0) is 20.1. The van der Waals surface area contributed by atoms with Gasteiger partial charge >= 0.3 is 6.16 Å². The van der Waals surface area contributed by atoms with Gasteiger partial charge in [-0.25, -0.2) is 4.52 Å². The van der Waals surface area contributed by atoms with E-state index in [1.807, 2.05) is 23.6 Å². The largest absolute Gasteiger partial charge is 0.404 e. The Bertz CT molecular complexity index is 1000. The molecule has 0 spiro atoms. The van der Waals surface area contributed by atoms with Gasteiger partial charge in [-0.1, -0.05) is 12.0 Å². The van der Waals surface area contributed by atoms with Crippen LogP contribution in [0.5, 0.6) is 0 Å². The molecule has 3 aromatic rings. The van der Waals surface area contributed by atoms with Crippen molar-refractivity contribution in [3.8, 4) is 11.8 Å². The average Bonchev–Trinajstić information content (AvgIpc) is 3.25. The predicted octanol–water partition coefficient (Wildman–Crippen LogP) is 1.97. The predicted molar refractivity (Wildman–Crippen MR) is 106 cm³/mol. The molecule has 8 nitrogen and oxygen atoms in total. The number of ether oxygens (including phenoxy) is 1. The first-order chi connectivity index (χ1) is 13.4. The van der Waals surface area contributed by atoms with Gasteiger partial charge < -0.3 is 25.4 Å². The summed E-state index contributed by atoms with van der Waals surface area (Å²) in [5.41, 5.74) is 2.28. The van der Waals surface area contributed by atoms with Gasteiger partial charge in [-0.3, -0.25) is 0 Å². The molecule has 0 radical (unpaired) electrons. The molecule has 3 aromatic heterocycles. The van der Waals surface area contributed by atoms with Gasteiger partial charge in [0.15, 0.2) is 5.82 Å². The molecular formula is C18H19ClN4O4S. The molecule has 0 saturated heterocycles. The van der Waals surface area contributed by atoms with Crippen molar-refractivity contribution in [3.63, 3.8) is 0 Å². The van der Waals surface area contributed by atoms with E-state index in [4.69, 9.17) is 26.9 Å². The lowest BCUT2D eigenvalue weighted by Gasteiger charge is -2.13. The second-order valence-electron chi connectivity index (χ2n) is 5.88. The van der Waals surface area contributed by atoms with Crippen molar-refractivity contribution in [2.45, 2.75) is 32.5 Å². The van der Waals surface area contributed by atoms with Crippen LogP contribution in [0, 0.1) is 11.8 Å². The molecule has 0 aliphatic rings. The monoisotopic (exact) mass is 422 g/mol. The fourth-order valence-electron chi connectivity index (χ4n) is 2.71. The molecule has 0 amide bonds. The van der Waals surface area contributed by atoms with Crippen LogP contribution in [0.15, 0.2) is 23.6 Å². The summed E-state index contributed by atoms with van der Waals surface area (Å²) in [6.45, 7) is 2.28. The van der Waals surface area contributed by atoms with Gasteiger partial charge in [0.1, 0.15) is 11.2 Å². The second kappa shape index (κ2) is 8.87. The summed E-state index contributed by atoms with van der Waals surface area (Å²) in [5, 5.41) is 36.0. The topological polar surface area (TPSA) is 112 Å². The normalized spacial score (nSPS) is 11.5. The molecule has 0 aromatic carbocycles. The summed E-state index contributed by atoms with van der Waals surface area (Å²) in [4.78, 5) is 5.46. The van der Waals surface area contributed by atoms with Gasteiger partial charge in [0.2, 0.25) is 5.28 Å². The number of nitrogens with one attached hydrogen (secondary N) is 1. The van der Waals surface area contributed by atoms with Crippen molar-refractivity contribution < 1.29 is 20.1 Å². The van der Waals surface area contributed by atoms with Crippen LogP contribution in [0.25, 0.3) is 5.52 Å².